The second-order valence-electron chi connectivity index (χ2n) is 4.86. The van der Waals surface area contributed by atoms with Crippen molar-refractivity contribution in [1.29, 1.82) is 0 Å². The Morgan fingerprint density at radius 1 is 1.56 bits per heavy atom. The lowest BCUT2D eigenvalue weighted by Gasteiger charge is -2.40. The van der Waals surface area contributed by atoms with Gasteiger partial charge in [-0.15, -0.1) is 0 Å². The van der Waals surface area contributed by atoms with Crippen LogP contribution in [0.4, 0.5) is 0 Å². The van der Waals surface area contributed by atoms with Gasteiger partial charge in [0.2, 0.25) is 0 Å². The molecule has 0 aromatic carbocycles. The summed E-state index contributed by atoms with van der Waals surface area (Å²) < 4.78 is 5.10. The first-order chi connectivity index (χ1) is 7.56. The molecule has 0 radical (unpaired) electrons. The number of methoxy groups -OCH3 is 1. The van der Waals surface area contributed by atoms with Crippen LogP contribution in [0.3, 0.4) is 0 Å². The monoisotopic (exact) mass is 244 g/mol. The van der Waals surface area contributed by atoms with Crippen molar-refractivity contribution in [1.82, 2.24) is 10.2 Å². The predicted octanol–water partition coefficient (Wildman–Crippen LogP) is 2.02. The van der Waals surface area contributed by atoms with Crippen molar-refractivity contribution in [2.45, 2.75) is 45.7 Å². The van der Waals surface area contributed by atoms with Gasteiger partial charge in [0.05, 0.1) is 6.61 Å². The summed E-state index contributed by atoms with van der Waals surface area (Å²) in [5.74, 6) is 0.728. The minimum absolute atomic E-state index is 0.280. The molecule has 4 heteroatoms. The van der Waals surface area contributed by atoms with E-state index in [1.54, 1.807) is 7.11 Å². The van der Waals surface area contributed by atoms with E-state index >= 15 is 0 Å². The summed E-state index contributed by atoms with van der Waals surface area (Å²) in [7, 11) is 1.72. The fourth-order valence-corrected chi connectivity index (χ4v) is 2.67. The second kappa shape index (κ2) is 6.40. The van der Waals surface area contributed by atoms with Crippen molar-refractivity contribution in [3.63, 3.8) is 0 Å². The molecule has 0 aromatic rings. The fraction of sp³-hybridized carbons (Fsp3) is 0.917. The van der Waals surface area contributed by atoms with Gasteiger partial charge in [-0.1, -0.05) is 6.92 Å². The molecule has 94 valence electrons. The average molecular weight is 244 g/mol. The number of nitrogens with one attached hydrogen (secondary N) is 1. The molecule has 0 aromatic heterocycles. The van der Waals surface area contributed by atoms with Gasteiger partial charge in [0.1, 0.15) is 0 Å². The Hall–Kier alpha value is -0.350. The number of nitrogens with zero attached hydrogens (tertiary/aromatic N) is 1. The maximum atomic E-state index is 5.45. The summed E-state index contributed by atoms with van der Waals surface area (Å²) in [5, 5.41) is 4.21. The van der Waals surface area contributed by atoms with Gasteiger partial charge >= 0.3 is 0 Å². The van der Waals surface area contributed by atoms with Crippen LogP contribution in [0.2, 0.25) is 0 Å². The van der Waals surface area contributed by atoms with Gasteiger partial charge in [0.15, 0.2) is 5.11 Å². The van der Waals surface area contributed by atoms with Crippen LogP contribution in [-0.4, -0.2) is 42.4 Å². The number of hydrogen-bond donors (Lipinski definition) is 1. The standard InChI is InChI=1S/C12H24N2OS/c1-9-6-5-7-14(11(9)3)12(16)13-10(2)8-15-4/h9-11H,5-8H2,1-4H3,(H,13,16). The van der Waals surface area contributed by atoms with E-state index in [1.807, 2.05) is 0 Å². The van der Waals surface area contributed by atoms with Gasteiger partial charge in [-0.3, -0.25) is 0 Å². The van der Waals surface area contributed by atoms with Gasteiger partial charge in [0, 0.05) is 25.7 Å². The minimum Gasteiger partial charge on any atom is -0.383 e. The molecule has 3 atom stereocenters. The largest absolute Gasteiger partial charge is 0.383 e. The van der Waals surface area contributed by atoms with Crippen LogP contribution in [0, 0.1) is 5.92 Å². The summed E-state index contributed by atoms with van der Waals surface area (Å²) in [4.78, 5) is 2.32. The molecule has 0 saturated carbocycles. The Morgan fingerprint density at radius 3 is 2.88 bits per heavy atom. The molecule has 1 aliphatic heterocycles. The van der Waals surface area contributed by atoms with Gasteiger partial charge < -0.3 is 15.0 Å². The molecule has 1 N–H and O–H groups in total. The fourth-order valence-electron chi connectivity index (χ4n) is 2.21. The van der Waals surface area contributed by atoms with Gasteiger partial charge in [0.25, 0.3) is 0 Å². The summed E-state index contributed by atoms with van der Waals surface area (Å²) in [5.41, 5.74) is 0. The highest BCUT2D eigenvalue weighted by atomic mass is 32.1. The third-order valence-corrected chi connectivity index (χ3v) is 3.77. The highest BCUT2D eigenvalue weighted by Crippen LogP contribution is 2.22. The Labute approximate surface area is 105 Å². The van der Waals surface area contributed by atoms with Gasteiger partial charge in [-0.2, -0.15) is 0 Å². The maximum absolute atomic E-state index is 5.45. The first-order valence-corrected chi connectivity index (χ1v) is 6.53. The number of hydrogen-bond acceptors (Lipinski definition) is 2. The molecule has 1 aliphatic rings. The molecule has 3 unspecified atom stereocenters. The lowest BCUT2D eigenvalue weighted by Crippen LogP contribution is -2.52. The predicted molar refractivity (Wildman–Crippen MR) is 71.6 cm³/mol. The number of thiocarbonyl (C=S) groups is 1. The molecule has 1 saturated heterocycles. The molecular weight excluding hydrogens is 220 g/mol. The van der Waals surface area contributed by atoms with E-state index in [0.29, 0.717) is 12.6 Å². The highest BCUT2D eigenvalue weighted by Gasteiger charge is 2.26. The summed E-state index contributed by atoms with van der Waals surface area (Å²) in [6.07, 6.45) is 2.56. The Bertz CT molecular complexity index is 235. The van der Waals surface area contributed by atoms with E-state index in [4.69, 9.17) is 17.0 Å². The molecule has 1 rings (SSSR count). The first-order valence-electron chi connectivity index (χ1n) is 6.12. The quantitative estimate of drug-likeness (QED) is 0.768. The van der Waals surface area contributed by atoms with Crippen LogP contribution in [0.5, 0.6) is 0 Å². The van der Waals surface area contributed by atoms with Crippen LogP contribution < -0.4 is 5.32 Å². The first kappa shape index (κ1) is 13.7. The third-order valence-electron chi connectivity index (χ3n) is 3.42. The molecule has 1 heterocycles. The Balaban J connectivity index is 2.46. The van der Waals surface area contributed by atoms with Crippen molar-refractivity contribution >= 4 is 17.3 Å². The molecule has 3 nitrogen and oxygen atoms in total. The lowest BCUT2D eigenvalue weighted by molar-refractivity contribution is 0.167. The molecule has 1 fully saturated rings. The van der Waals surface area contributed by atoms with E-state index in [9.17, 15) is 0 Å². The van der Waals surface area contributed by atoms with Crippen LogP contribution in [0.25, 0.3) is 0 Å². The number of ether oxygens (including phenoxy) is 1. The van der Waals surface area contributed by atoms with Crippen LogP contribution in [0.15, 0.2) is 0 Å². The maximum Gasteiger partial charge on any atom is 0.169 e. The second-order valence-corrected chi connectivity index (χ2v) is 5.25. The normalized spacial score (nSPS) is 27.6. The van der Waals surface area contributed by atoms with Crippen molar-refractivity contribution in [2.75, 3.05) is 20.3 Å². The van der Waals surface area contributed by atoms with Gasteiger partial charge in [-0.05, 0) is 44.8 Å². The number of likely N-dealkylation sites (tertiary alicyclic amines) is 1. The van der Waals surface area contributed by atoms with Crippen molar-refractivity contribution in [3.8, 4) is 0 Å². The average Bonchev–Trinajstić information content (AvgIpc) is 2.22. The molecular formula is C12H24N2OS. The zero-order valence-electron chi connectivity index (χ0n) is 10.8. The smallest absolute Gasteiger partial charge is 0.169 e. The molecule has 16 heavy (non-hydrogen) atoms. The number of piperidine rings is 1. The van der Waals surface area contributed by atoms with E-state index in [2.05, 4.69) is 31.0 Å². The lowest BCUT2D eigenvalue weighted by atomic mass is 9.92. The molecule has 0 aliphatic carbocycles. The third kappa shape index (κ3) is 3.59. The Kier molecular flexibility index (Phi) is 5.49. The summed E-state index contributed by atoms with van der Waals surface area (Å²) in [6, 6.07) is 0.824. The van der Waals surface area contributed by atoms with Crippen molar-refractivity contribution < 1.29 is 4.74 Å². The topological polar surface area (TPSA) is 24.5 Å². The summed E-state index contributed by atoms with van der Waals surface area (Å²) in [6.45, 7) is 8.43. The number of rotatable bonds is 3. The zero-order chi connectivity index (χ0) is 12.1. The van der Waals surface area contributed by atoms with Crippen LogP contribution >= 0.6 is 12.2 Å². The highest BCUT2D eigenvalue weighted by molar-refractivity contribution is 7.80. The summed E-state index contributed by atoms with van der Waals surface area (Å²) >= 11 is 5.45. The van der Waals surface area contributed by atoms with Crippen LogP contribution in [-0.2, 0) is 4.74 Å². The minimum atomic E-state index is 0.280. The van der Waals surface area contributed by atoms with E-state index in [1.165, 1.54) is 12.8 Å². The van der Waals surface area contributed by atoms with E-state index < -0.39 is 0 Å². The van der Waals surface area contributed by atoms with Gasteiger partial charge in [-0.25, -0.2) is 0 Å². The van der Waals surface area contributed by atoms with Crippen molar-refractivity contribution in [2.24, 2.45) is 5.92 Å². The Morgan fingerprint density at radius 2 is 2.25 bits per heavy atom. The molecule has 0 bridgehead atoms. The molecule has 0 amide bonds. The van der Waals surface area contributed by atoms with Crippen molar-refractivity contribution in [3.05, 3.63) is 0 Å². The van der Waals surface area contributed by atoms with Crippen LogP contribution in [0.1, 0.15) is 33.6 Å². The molecule has 0 spiro atoms. The SMILES string of the molecule is COCC(C)NC(=S)N1CCCC(C)C1C. The van der Waals surface area contributed by atoms with E-state index in [-0.39, 0.29) is 6.04 Å². The van der Waals surface area contributed by atoms with E-state index in [0.717, 1.165) is 17.6 Å². The zero-order valence-corrected chi connectivity index (χ0v) is 11.6.